The molecule has 0 radical (unpaired) electrons. The van der Waals surface area contributed by atoms with E-state index in [0.29, 0.717) is 12.3 Å². The van der Waals surface area contributed by atoms with Gasteiger partial charge in [0.15, 0.2) is 5.76 Å². The van der Waals surface area contributed by atoms with Gasteiger partial charge in [0, 0.05) is 25.2 Å². The largest absolute Gasteiger partial charge is 0.456 e. The number of nitrogens with zero attached hydrogens (tertiary/aromatic N) is 1. The Morgan fingerprint density at radius 1 is 1.56 bits per heavy atom. The number of hydrogen-bond donors (Lipinski definition) is 1. The summed E-state index contributed by atoms with van der Waals surface area (Å²) >= 11 is 0. The fourth-order valence-electron chi connectivity index (χ4n) is 1.37. The molecule has 0 spiro atoms. The summed E-state index contributed by atoms with van der Waals surface area (Å²) in [4.78, 5) is 13.6. The Morgan fingerprint density at radius 2 is 2.12 bits per heavy atom. The van der Waals surface area contributed by atoms with E-state index in [0.717, 1.165) is 11.3 Å². The van der Waals surface area contributed by atoms with E-state index in [9.17, 15) is 4.79 Å². The first kappa shape index (κ1) is 15.0. The van der Waals surface area contributed by atoms with E-state index in [1.807, 2.05) is 26.8 Å². The van der Waals surface area contributed by atoms with Gasteiger partial charge < -0.3 is 15.1 Å². The predicted molar refractivity (Wildman–Crippen MR) is 66.0 cm³/mol. The van der Waals surface area contributed by atoms with E-state index >= 15 is 0 Å². The topological polar surface area (TPSA) is 59.5 Å². The average Bonchev–Trinajstić information content (AvgIpc) is 2.54. The number of halogens is 1. The van der Waals surface area contributed by atoms with E-state index < -0.39 is 0 Å². The first-order chi connectivity index (χ1) is 6.97. The minimum absolute atomic E-state index is 0. The zero-order valence-electron chi connectivity index (χ0n) is 10.1. The molecule has 1 rings (SSSR count). The zero-order valence-corrected chi connectivity index (χ0v) is 10.9. The van der Waals surface area contributed by atoms with Crippen molar-refractivity contribution >= 4 is 18.3 Å². The Labute approximate surface area is 102 Å². The van der Waals surface area contributed by atoms with Crippen LogP contribution in [0.25, 0.3) is 0 Å². The molecule has 5 heteroatoms. The molecule has 4 nitrogen and oxygen atoms in total. The molecular formula is C11H19ClN2O2. The number of carbonyl (C=O) groups excluding carboxylic acids is 1. The van der Waals surface area contributed by atoms with E-state index in [-0.39, 0.29) is 24.4 Å². The summed E-state index contributed by atoms with van der Waals surface area (Å²) in [5.74, 6) is 1.05. The third kappa shape index (κ3) is 3.00. The summed E-state index contributed by atoms with van der Waals surface area (Å²) < 4.78 is 5.36. The third-order valence-electron chi connectivity index (χ3n) is 2.56. The number of nitrogens with two attached hydrogens (primary N) is 1. The molecule has 1 atom stereocenters. The van der Waals surface area contributed by atoms with Crippen molar-refractivity contribution < 1.29 is 9.21 Å². The van der Waals surface area contributed by atoms with Gasteiger partial charge in [-0.2, -0.15) is 0 Å². The molecule has 0 bridgehead atoms. The lowest BCUT2D eigenvalue weighted by atomic mass is 10.2. The summed E-state index contributed by atoms with van der Waals surface area (Å²) in [7, 11) is 1.73. The Hall–Kier alpha value is -1.00. The average molecular weight is 247 g/mol. The van der Waals surface area contributed by atoms with E-state index in [4.69, 9.17) is 10.2 Å². The quantitative estimate of drug-likeness (QED) is 0.884. The van der Waals surface area contributed by atoms with E-state index in [2.05, 4.69) is 0 Å². The van der Waals surface area contributed by atoms with Crippen molar-refractivity contribution in [2.45, 2.75) is 26.8 Å². The van der Waals surface area contributed by atoms with Gasteiger partial charge in [-0.1, -0.05) is 0 Å². The van der Waals surface area contributed by atoms with Crippen LogP contribution in [0.1, 0.15) is 28.8 Å². The molecule has 1 unspecified atom stereocenters. The lowest BCUT2D eigenvalue weighted by Gasteiger charge is -2.22. The number of amides is 1. The molecule has 1 aromatic heterocycles. The van der Waals surface area contributed by atoms with Gasteiger partial charge >= 0.3 is 0 Å². The molecular weight excluding hydrogens is 228 g/mol. The maximum atomic E-state index is 12.0. The van der Waals surface area contributed by atoms with Crippen LogP contribution < -0.4 is 5.73 Å². The van der Waals surface area contributed by atoms with Crippen molar-refractivity contribution in [3.05, 3.63) is 23.2 Å². The highest BCUT2D eigenvalue weighted by Gasteiger charge is 2.21. The number of likely N-dealkylation sites (N-methyl/N-ethyl adjacent to an activating group) is 1. The molecule has 16 heavy (non-hydrogen) atoms. The van der Waals surface area contributed by atoms with Crippen LogP contribution in [0.3, 0.4) is 0 Å². The molecule has 0 aliphatic heterocycles. The summed E-state index contributed by atoms with van der Waals surface area (Å²) in [5.41, 5.74) is 6.38. The minimum Gasteiger partial charge on any atom is -0.456 e. The Morgan fingerprint density at radius 3 is 2.50 bits per heavy atom. The van der Waals surface area contributed by atoms with Crippen molar-refractivity contribution in [1.29, 1.82) is 0 Å². The van der Waals surface area contributed by atoms with Crippen LogP contribution in [0.4, 0.5) is 0 Å². The molecule has 0 aliphatic carbocycles. The molecule has 0 saturated carbocycles. The first-order valence-electron chi connectivity index (χ1n) is 5.01. The molecule has 0 saturated heterocycles. The lowest BCUT2D eigenvalue weighted by Crippen LogP contribution is -2.39. The summed E-state index contributed by atoms with van der Waals surface area (Å²) in [6.07, 6.45) is 0. The number of hydrogen-bond acceptors (Lipinski definition) is 3. The summed E-state index contributed by atoms with van der Waals surface area (Å²) in [6, 6.07) is 1.87. The number of rotatable bonds is 3. The number of furan rings is 1. The van der Waals surface area contributed by atoms with Crippen molar-refractivity contribution in [1.82, 2.24) is 4.90 Å². The molecule has 92 valence electrons. The normalized spacial score (nSPS) is 11.8. The van der Waals surface area contributed by atoms with Crippen LogP contribution in [0.15, 0.2) is 10.5 Å². The van der Waals surface area contributed by atoms with Crippen LogP contribution in [-0.2, 0) is 0 Å². The van der Waals surface area contributed by atoms with Gasteiger partial charge in [-0.3, -0.25) is 4.79 Å². The van der Waals surface area contributed by atoms with E-state index in [1.165, 1.54) is 0 Å². The van der Waals surface area contributed by atoms with Crippen LogP contribution >= 0.6 is 12.4 Å². The monoisotopic (exact) mass is 246 g/mol. The number of carbonyl (C=O) groups is 1. The van der Waals surface area contributed by atoms with Crippen LogP contribution in [0.2, 0.25) is 0 Å². The lowest BCUT2D eigenvalue weighted by molar-refractivity contribution is 0.0714. The van der Waals surface area contributed by atoms with Crippen LogP contribution in [0, 0.1) is 13.8 Å². The van der Waals surface area contributed by atoms with Gasteiger partial charge in [-0.15, -0.1) is 12.4 Å². The fraction of sp³-hybridized carbons (Fsp3) is 0.545. The summed E-state index contributed by atoms with van der Waals surface area (Å²) in [5, 5.41) is 0. The Bertz CT molecular complexity index is 363. The fourth-order valence-corrected chi connectivity index (χ4v) is 1.37. The van der Waals surface area contributed by atoms with Crippen molar-refractivity contribution in [2.75, 3.05) is 13.6 Å². The van der Waals surface area contributed by atoms with Crippen molar-refractivity contribution in [3.63, 3.8) is 0 Å². The van der Waals surface area contributed by atoms with Crippen molar-refractivity contribution in [2.24, 2.45) is 5.73 Å². The molecule has 1 aromatic rings. The molecule has 0 aromatic carbocycles. The SMILES string of the molecule is Cc1cc(C)c(C(=O)N(C)C(C)CN)o1.Cl. The van der Waals surface area contributed by atoms with Gasteiger partial charge in [0.2, 0.25) is 0 Å². The van der Waals surface area contributed by atoms with Gasteiger partial charge in [-0.05, 0) is 26.8 Å². The molecule has 1 amide bonds. The second-order valence-electron chi connectivity index (χ2n) is 3.87. The highest BCUT2D eigenvalue weighted by molar-refractivity contribution is 5.93. The Balaban J connectivity index is 0.00000225. The summed E-state index contributed by atoms with van der Waals surface area (Å²) in [6.45, 7) is 6.05. The van der Waals surface area contributed by atoms with E-state index in [1.54, 1.807) is 11.9 Å². The van der Waals surface area contributed by atoms with Gasteiger partial charge in [0.1, 0.15) is 5.76 Å². The molecule has 2 N–H and O–H groups in total. The second-order valence-corrected chi connectivity index (χ2v) is 3.87. The molecule has 1 heterocycles. The predicted octanol–water partition coefficient (Wildman–Crippen LogP) is 1.74. The van der Waals surface area contributed by atoms with Gasteiger partial charge in [0.25, 0.3) is 5.91 Å². The minimum atomic E-state index is -0.112. The van der Waals surface area contributed by atoms with Crippen molar-refractivity contribution in [3.8, 4) is 0 Å². The second kappa shape index (κ2) is 5.92. The third-order valence-corrected chi connectivity index (χ3v) is 2.56. The van der Waals surface area contributed by atoms with Crippen LogP contribution in [-0.4, -0.2) is 30.4 Å². The van der Waals surface area contributed by atoms with Gasteiger partial charge in [0.05, 0.1) is 0 Å². The highest BCUT2D eigenvalue weighted by Crippen LogP contribution is 2.16. The van der Waals surface area contributed by atoms with Crippen LogP contribution in [0.5, 0.6) is 0 Å². The number of aryl methyl sites for hydroxylation is 2. The Kier molecular flexibility index (Phi) is 5.55. The molecule has 0 aliphatic rings. The smallest absolute Gasteiger partial charge is 0.289 e. The maximum Gasteiger partial charge on any atom is 0.289 e. The maximum absolute atomic E-state index is 12.0. The van der Waals surface area contributed by atoms with Gasteiger partial charge in [-0.25, -0.2) is 0 Å². The first-order valence-corrected chi connectivity index (χ1v) is 5.01. The zero-order chi connectivity index (χ0) is 11.6. The highest BCUT2D eigenvalue weighted by atomic mass is 35.5. The molecule has 0 fully saturated rings. The standard InChI is InChI=1S/C11H18N2O2.ClH/c1-7-5-9(3)15-10(7)11(14)13(4)8(2)6-12;/h5,8H,6,12H2,1-4H3;1H.